The van der Waals surface area contributed by atoms with Gasteiger partial charge in [-0.25, -0.2) is 4.79 Å². The van der Waals surface area contributed by atoms with Crippen LogP contribution in [0, 0.1) is 6.92 Å². The summed E-state index contributed by atoms with van der Waals surface area (Å²) in [5, 5.41) is 3.00. The number of rotatable bonds is 2. The molecule has 0 aliphatic heterocycles. The summed E-state index contributed by atoms with van der Waals surface area (Å²) in [6.45, 7) is 2.02. The highest BCUT2D eigenvalue weighted by Crippen LogP contribution is 2.33. The van der Waals surface area contributed by atoms with E-state index >= 15 is 0 Å². The first-order valence-electron chi connectivity index (χ1n) is 7.83. The van der Waals surface area contributed by atoms with Gasteiger partial charge in [-0.05, 0) is 55.0 Å². The maximum Gasteiger partial charge on any atom is 0.322 e. The summed E-state index contributed by atoms with van der Waals surface area (Å²) in [6.07, 6.45) is 3.26. The van der Waals surface area contributed by atoms with Gasteiger partial charge in [-0.15, -0.1) is 0 Å². The second-order valence-electron chi connectivity index (χ2n) is 6.02. The minimum atomic E-state index is -0.0488. The molecule has 3 heteroatoms. The minimum Gasteiger partial charge on any atom is -0.321 e. The molecule has 0 fully saturated rings. The first-order valence-corrected chi connectivity index (χ1v) is 7.83. The van der Waals surface area contributed by atoms with Gasteiger partial charge in [-0.1, -0.05) is 36.4 Å². The van der Waals surface area contributed by atoms with Crippen LogP contribution in [-0.4, -0.2) is 18.0 Å². The third-order valence-electron chi connectivity index (χ3n) is 4.39. The Balaban J connectivity index is 1.77. The van der Waals surface area contributed by atoms with Gasteiger partial charge in [-0.3, -0.25) is 0 Å². The lowest BCUT2D eigenvalue weighted by atomic mass is 9.87. The molecule has 22 heavy (non-hydrogen) atoms. The fraction of sp³-hybridized carbons (Fsp3) is 0.316. The van der Waals surface area contributed by atoms with Gasteiger partial charge in [0.15, 0.2) is 0 Å². The molecule has 1 aliphatic rings. The monoisotopic (exact) mass is 294 g/mol. The highest BCUT2D eigenvalue weighted by Gasteiger charge is 2.26. The van der Waals surface area contributed by atoms with E-state index in [1.54, 1.807) is 0 Å². The lowest BCUT2D eigenvalue weighted by molar-refractivity contribution is 0.197. The normalized spacial score (nSPS) is 16.7. The van der Waals surface area contributed by atoms with E-state index in [0.717, 1.165) is 30.5 Å². The van der Waals surface area contributed by atoms with Crippen molar-refractivity contribution in [2.45, 2.75) is 32.2 Å². The molecule has 3 nitrogen and oxygen atoms in total. The average molecular weight is 294 g/mol. The van der Waals surface area contributed by atoms with Crippen molar-refractivity contribution in [2.75, 3.05) is 12.4 Å². The molecule has 0 saturated heterocycles. The van der Waals surface area contributed by atoms with E-state index in [-0.39, 0.29) is 12.1 Å². The Morgan fingerprint density at radius 3 is 2.82 bits per heavy atom. The number of nitrogens with zero attached hydrogens (tertiary/aromatic N) is 1. The number of carbonyl (C=O) groups is 1. The molecule has 1 atom stereocenters. The van der Waals surface area contributed by atoms with Crippen LogP contribution in [0.3, 0.4) is 0 Å². The van der Waals surface area contributed by atoms with Gasteiger partial charge in [0.1, 0.15) is 0 Å². The number of benzene rings is 2. The predicted octanol–water partition coefficient (Wildman–Crippen LogP) is 4.54. The molecule has 1 aliphatic carbocycles. The van der Waals surface area contributed by atoms with E-state index in [1.807, 2.05) is 43.1 Å². The number of aryl methyl sites for hydroxylation is 2. The van der Waals surface area contributed by atoms with Crippen molar-refractivity contribution in [3.8, 4) is 0 Å². The molecule has 2 aromatic rings. The van der Waals surface area contributed by atoms with Crippen LogP contribution in [0.2, 0.25) is 0 Å². The van der Waals surface area contributed by atoms with Gasteiger partial charge in [0, 0.05) is 12.7 Å². The topological polar surface area (TPSA) is 32.3 Å². The molecule has 0 spiro atoms. The van der Waals surface area contributed by atoms with E-state index in [1.165, 1.54) is 11.1 Å². The standard InChI is InChI=1S/C19H22N2O/c1-14-7-5-10-16(13-14)20-19(22)21(2)18-12-6-9-15-8-3-4-11-17(15)18/h3-5,7-8,10-11,13,18H,6,9,12H2,1-2H3,(H,20,22). The first kappa shape index (κ1) is 14.6. The third kappa shape index (κ3) is 2.98. The molecule has 2 aromatic carbocycles. The summed E-state index contributed by atoms with van der Waals surface area (Å²) in [4.78, 5) is 14.4. The fourth-order valence-corrected chi connectivity index (χ4v) is 3.21. The number of hydrogen-bond acceptors (Lipinski definition) is 1. The molecule has 114 valence electrons. The van der Waals surface area contributed by atoms with Crippen molar-refractivity contribution in [3.05, 3.63) is 65.2 Å². The van der Waals surface area contributed by atoms with Gasteiger partial charge in [0.05, 0.1) is 6.04 Å². The summed E-state index contributed by atoms with van der Waals surface area (Å²) in [6, 6.07) is 16.5. The molecular formula is C19H22N2O. The summed E-state index contributed by atoms with van der Waals surface area (Å²) in [5.74, 6) is 0. The molecule has 1 N–H and O–H groups in total. The zero-order valence-corrected chi connectivity index (χ0v) is 13.2. The van der Waals surface area contributed by atoms with Crippen LogP contribution >= 0.6 is 0 Å². The highest BCUT2D eigenvalue weighted by atomic mass is 16.2. The van der Waals surface area contributed by atoms with Gasteiger partial charge in [-0.2, -0.15) is 0 Å². The SMILES string of the molecule is Cc1cccc(NC(=O)N(C)C2CCCc3ccccc32)c1. The maximum atomic E-state index is 12.5. The zero-order valence-electron chi connectivity index (χ0n) is 13.2. The number of fused-ring (bicyclic) bond motifs is 1. The van der Waals surface area contributed by atoms with Crippen molar-refractivity contribution in [2.24, 2.45) is 0 Å². The van der Waals surface area contributed by atoms with E-state index in [4.69, 9.17) is 0 Å². The Kier molecular flexibility index (Phi) is 4.14. The van der Waals surface area contributed by atoms with Crippen molar-refractivity contribution >= 4 is 11.7 Å². The Hall–Kier alpha value is -2.29. The van der Waals surface area contributed by atoms with Crippen LogP contribution in [0.25, 0.3) is 0 Å². The number of carbonyl (C=O) groups excluding carboxylic acids is 1. The molecule has 0 radical (unpaired) electrons. The number of anilines is 1. The minimum absolute atomic E-state index is 0.0488. The largest absolute Gasteiger partial charge is 0.322 e. The van der Waals surface area contributed by atoms with Crippen LogP contribution in [0.4, 0.5) is 10.5 Å². The van der Waals surface area contributed by atoms with E-state index < -0.39 is 0 Å². The molecule has 0 saturated carbocycles. The van der Waals surface area contributed by atoms with Crippen molar-refractivity contribution < 1.29 is 4.79 Å². The number of urea groups is 1. The molecule has 3 rings (SSSR count). The fourth-order valence-electron chi connectivity index (χ4n) is 3.21. The Morgan fingerprint density at radius 2 is 2.00 bits per heavy atom. The quantitative estimate of drug-likeness (QED) is 0.866. The summed E-state index contributed by atoms with van der Waals surface area (Å²) < 4.78 is 0. The van der Waals surface area contributed by atoms with Crippen molar-refractivity contribution in [1.82, 2.24) is 4.90 Å². The van der Waals surface area contributed by atoms with Crippen molar-refractivity contribution in [3.63, 3.8) is 0 Å². The smallest absolute Gasteiger partial charge is 0.321 e. The first-order chi connectivity index (χ1) is 10.6. The lowest BCUT2D eigenvalue weighted by Gasteiger charge is -2.33. The van der Waals surface area contributed by atoms with Crippen LogP contribution in [-0.2, 0) is 6.42 Å². The lowest BCUT2D eigenvalue weighted by Crippen LogP contribution is -2.36. The van der Waals surface area contributed by atoms with E-state index in [9.17, 15) is 4.79 Å². The van der Waals surface area contributed by atoms with Gasteiger partial charge < -0.3 is 10.2 Å². The van der Waals surface area contributed by atoms with Crippen LogP contribution in [0.5, 0.6) is 0 Å². The van der Waals surface area contributed by atoms with Crippen LogP contribution in [0.15, 0.2) is 48.5 Å². The Bertz CT molecular complexity index is 681. The highest BCUT2D eigenvalue weighted by molar-refractivity contribution is 5.89. The summed E-state index contributed by atoms with van der Waals surface area (Å²) in [7, 11) is 1.89. The van der Waals surface area contributed by atoms with Gasteiger partial charge >= 0.3 is 6.03 Å². The second kappa shape index (κ2) is 6.22. The summed E-state index contributed by atoms with van der Waals surface area (Å²) >= 11 is 0. The molecular weight excluding hydrogens is 272 g/mol. The zero-order chi connectivity index (χ0) is 15.5. The number of nitrogens with one attached hydrogen (secondary N) is 1. The molecule has 0 heterocycles. The summed E-state index contributed by atoms with van der Waals surface area (Å²) in [5.41, 5.74) is 4.65. The second-order valence-corrected chi connectivity index (χ2v) is 6.02. The van der Waals surface area contributed by atoms with Crippen LogP contribution in [0.1, 0.15) is 35.6 Å². The van der Waals surface area contributed by atoms with E-state index in [2.05, 4.69) is 29.6 Å². The third-order valence-corrected chi connectivity index (χ3v) is 4.39. The Morgan fingerprint density at radius 1 is 1.18 bits per heavy atom. The molecule has 1 unspecified atom stereocenters. The number of amides is 2. The number of hydrogen-bond donors (Lipinski definition) is 1. The molecule has 2 amide bonds. The molecule has 0 bridgehead atoms. The maximum absolute atomic E-state index is 12.5. The average Bonchev–Trinajstić information content (AvgIpc) is 2.53. The van der Waals surface area contributed by atoms with Gasteiger partial charge in [0.25, 0.3) is 0 Å². The molecule has 0 aromatic heterocycles. The van der Waals surface area contributed by atoms with Gasteiger partial charge in [0.2, 0.25) is 0 Å². The van der Waals surface area contributed by atoms with Crippen molar-refractivity contribution in [1.29, 1.82) is 0 Å². The van der Waals surface area contributed by atoms with E-state index in [0.29, 0.717) is 0 Å². The van der Waals surface area contributed by atoms with Crippen LogP contribution < -0.4 is 5.32 Å². The predicted molar refractivity (Wildman–Crippen MR) is 90.1 cm³/mol. The Labute approximate surface area is 132 Å².